The fraction of sp³-hybridized carbons (Fsp3) is 0.500. The van der Waals surface area contributed by atoms with Crippen molar-refractivity contribution < 1.29 is 13.2 Å². The molecule has 9 heteroatoms. The summed E-state index contributed by atoms with van der Waals surface area (Å²) in [4.78, 5) is 12.0. The van der Waals surface area contributed by atoms with Gasteiger partial charge in [0.15, 0.2) is 9.84 Å². The van der Waals surface area contributed by atoms with Crippen molar-refractivity contribution in [2.24, 2.45) is 0 Å². The van der Waals surface area contributed by atoms with Gasteiger partial charge in [0.2, 0.25) is 5.91 Å². The molecule has 0 aliphatic carbocycles. The zero-order valence-electron chi connectivity index (χ0n) is 15.0. The molecule has 0 saturated carbocycles. The van der Waals surface area contributed by atoms with Gasteiger partial charge in [0.25, 0.3) is 0 Å². The maximum absolute atomic E-state index is 12.2. The lowest BCUT2D eigenvalue weighted by Gasteiger charge is -2.08. The first-order chi connectivity index (χ1) is 12.9. The van der Waals surface area contributed by atoms with Crippen molar-refractivity contribution in [3.05, 3.63) is 46.0 Å². The van der Waals surface area contributed by atoms with Crippen LogP contribution in [0.5, 0.6) is 0 Å². The van der Waals surface area contributed by atoms with Gasteiger partial charge < -0.3 is 9.88 Å². The van der Waals surface area contributed by atoms with E-state index in [2.05, 4.69) is 36.0 Å². The smallest absolute Gasteiger partial charge is 0.235 e. The van der Waals surface area contributed by atoms with Gasteiger partial charge in [-0.1, -0.05) is 34.5 Å². The Morgan fingerprint density at radius 3 is 2.89 bits per heavy atom. The Hall–Kier alpha value is -1.74. The van der Waals surface area contributed by atoms with E-state index in [1.54, 1.807) is 18.2 Å². The molecule has 3 rings (SSSR count). The monoisotopic (exact) mass is 454 g/mol. The van der Waals surface area contributed by atoms with Crippen molar-refractivity contribution in [1.29, 1.82) is 0 Å². The van der Waals surface area contributed by atoms with Crippen molar-refractivity contribution in [2.45, 2.75) is 44.4 Å². The van der Waals surface area contributed by atoms with E-state index in [1.165, 1.54) is 6.42 Å². The molecule has 2 heterocycles. The number of halogens is 1. The third kappa shape index (κ3) is 5.87. The molecule has 7 nitrogen and oxygen atoms in total. The van der Waals surface area contributed by atoms with Gasteiger partial charge in [-0.25, -0.2) is 8.42 Å². The van der Waals surface area contributed by atoms with Crippen molar-refractivity contribution in [3.63, 3.8) is 0 Å². The van der Waals surface area contributed by atoms with Crippen molar-refractivity contribution >= 4 is 31.7 Å². The van der Waals surface area contributed by atoms with Gasteiger partial charge in [-0.3, -0.25) is 4.79 Å². The molecule has 27 heavy (non-hydrogen) atoms. The molecule has 1 aliphatic rings. The van der Waals surface area contributed by atoms with Crippen LogP contribution in [0, 0.1) is 0 Å². The molecule has 2 aromatic rings. The molecule has 1 amide bonds. The van der Waals surface area contributed by atoms with E-state index in [0.717, 1.165) is 41.9 Å². The molecule has 1 aromatic heterocycles. The Balaban J connectivity index is 1.49. The summed E-state index contributed by atoms with van der Waals surface area (Å²) in [7, 11) is -3.52. The zero-order chi connectivity index (χ0) is 19.3. The number of rotatable bonds is 7. The lowest BCUT2D eigenvalue weighted by atomic mass is 10.2. The highest BCUT2D eigenvalue weighted by Gasteiger charge is 2.18. The first kappa shape index (κ1) is 20.0. The van der Waals surface area contributed by atoms with Crippen molar-refractivity contribution in [3.8, 4) is 0 Å². The molecular formula is C18H23BrN4O3S. The predicted octanol–water partition coefficient (Wildman–Crippen LogP) is 2.04. The summed E-state index contributed by atoms with van der Waals surface area (Å²) in [5.41, 5.74) is 0.656. The summed E-state index contributed by atoms with van der Waals surface area (Å²) in [5, 5.41) is 11.1. The minimum atomic E-state index is -3.52. The van der Waals surface area contributed by atoms with E-state index in [1.807, 2.05) is 6.07 Å². The van der Waals surface area contributed by atoms with E-state index in [0.29, 0.717) is 18.5 Å². The van der Waals surface area contributed by atoms with Crippen LogP contribution in [0.15, 0.2) is 28.7 Å². The molecule has 1 aromatic carbocycles. The number of amides is 1. The molecule has 0 unspecified atom stereocenters. The van der Waals surface area contributed by atoms with Crippen LogP contribution in [0.1, 0.15) is 36.5 Å². The van der Waals surface area contributed by atoms with Crippen LogP contribution in [-0.2, 0) is 39.8 Å². The number of carbonyl (C=O) groups is 1. The van der Waals surface area contributed by atoms with Crippen LogP contribution in [0.25, 0.3) is 0 Å². The van der Waals surface area contributed by atoms with Crippen LogP contribution in [-0.4, -0.2) is 41.4 Å². The lowest BCUT2D eigenvalue weighted by Crippen LogP contribution is -2.32. The minimum absolute atomic E-state index is 0.155. The number of carbonyl (C=O) groups excluding carboxylic acids is 1. The summed E-state index contributed by atoms with van der Waals surface area (Å²) in [6, 6.07) is 7.08. The molecule has 0 atom stereocenters. The van der Waals surface area contributed by atoms with Crippen molar-refractivity contribution in [1.82, 2.24) is 20.1 Å². The molecule has 0 saturated heterocycles. The molecule has 0 fully saturated rings. The Kier molecular flexibility index (Phi) is 6.64. The van der Waals surface area contributed by atoms with Crippen LogP contribution >= 0.6 is 15.9 Å². The van der Waals surface area contributed by atoms with E-state index in [9.17, 15) is 13.2 Å². The number of sulfone groups is 1. The molecular weight excluding hydrogens is 432 g/mol. The standard InChI is InChI=1S/C18H23BrN4O3S/c19-15-6-4-5-14(11-15)12-27(25,26)13-18(24)20-9-8-17-22-21-16-7-2-1-3-10-23(16)17/h4-6,11H,1-3,7-10,12-13H2,(H,20,24). The average molecular weight is 455 g/mol. The Morgan fingerprint density at radius 1 is 1.22 bits per heavy atom. The number of benzene rings is 1. The largest absolute Gasteiger partial charge is 0.355 e. The van der Waals surface area contributed by atoms with Gasteiger partial charge in [0.05, 0.1) is 5.75 Å². The number of hydrogen-bond donors (Lipinski definition) is 1. The lowest BCUT2D eigenvalue weighted by molar-refractivity contribution is -0.118. The Morgan fingerprint density at radius 2 is 2.07 bits per heavy atom. The number of hydrogen-bond acceptors (Lipinski definition) is 5. The quantitative estimate of drug-likeness (QED) is 0.690. The normalized spacial score (nSPS) is 14.4. The second-order valence-electron chi connectivity index (χ2n) is 6.76. The van der Waals surface area contributed by atoms with E-state index < -0.39 is 21.5 Å². The summed E-state index contributed by atoms with van der Waals surface area (Å²) in [6.45, 7) is 1.26. The van der Waals surface area contributed by atoms with Crippen LogP contribution < -0.4 is 5.32 Å². The highest BCUT2D eigenvalue weighted by Crippen LogP contribution is 2.15. The molecule has 0 spiro atoms. The second kappa shape index (κ2) is 8.97. The van der Waals surface area contributed by atoms with Crippen molar-refractivity contribution in [2.75, 3.05) is 12.3 Å². The average Bonchev–Trinajstić information content (AvgIpc) is 2.81. The SMILES string of the molecule is O=C(CS(=O)(=O)Cc1cccc(Br)c1)NCCc1nnc2n1CCCCC2. The maximum atomic E-state index is 12.2. The van der Waals surface area contributed by atoms with E-state index in [-0.39, 0.29) is 5.75 Å². The topological polar surface area (TPSA) is 93.9 Å². The first-order valence-corrected chi connectivity index (χ1v) is 11.7. The first-order valence-electron chi connectivity index (χ1n) is 9.05. The van der Waals surface area contributed by atoms with Crippen LogP contribution in [0.3, 0.4) is 0 Å². The van der Waals surface area contributed by atoms with Gasteiger partial charge in [0.1, 0.15) is 17.4 Å². The molecule has 0 radical (unpaired) electrons. The summed E-state index contributed by atoms with van der Waals surface area (Å²) < 4.78 is 27.4. The van der Waals surface area contributed by atoms with Gasteiger partial charge in [-0.05, 0) is 30.5 Å². The van der Waals surface area contributed by atoms with E-state index in [4.69, 9.17) is 0 Å². The Labute approximate surface area is 167 Å². The number of nitrogens with zero attached hydrogens (tertiary/aromatic N) is 3. The Bertz CT molecular complexity index is 911. The summed E-state index contributed by atoms with van der Waals surface area (Å²) in [5.74, 6) is 0.699. The van der Waals surface area contributed by atoms with E-state index >= 15 is 0 Å². The van der Waals surface area contributed by atoms with Gasteiger partial charge in [-0.15, -0.1) is 10.2 Å². The van der Waals surface area contributed by atoms with Gasteiger partial charge in [-0.2, -0.15) is 0 Å². The second-order valence-corrected chi connectivity index (χ2v) is 9.74. The predicted molar refractivity (Wildman–Crippen MR) is 106 cm³/mol. The molecule has 1 aliphatic heterocycles. The van der Waals surface area contributed by atoms with Gasteiger partial charge >= 0.3 is 0 Å². The number of aryl methyl sites for hydroxylation is 1. The maximum Gasteiger partial charge on any atom is 0.235 e. The summed E-state index contributed by atoms with van der Waals surface area (Å²) in [6.07, 6.45) is 4.91. The number of fused-ring (bicyclic) bond motifs is 1. The van der Waals surface area contributed by atoms with Crippen LogP contribution in [0.2, 0.25) is 0 Å². The number of nitrogens with one attached hydrogen (secondary N) is 1. The van der Waals surface area contributed by atoms with Crippen LogP contribution in [0.4, 0.5) is 0 Å². The summed E-state index contributed by atoms with van der Waals surface area (Å²) >= 11 is 3.32. The van der Waals surface area contributed by atoms with Gasteiger partial charge in [0, 0.05) is 30.4 Å². The highest BCUT2D eigenvalue weighted by molar-refractivity contribution is 9.10. The fourth-order valence-corrected chi connectivity index (χ4v) is 4.96. The number of aromatic nitrogens is 3. The fourth-order valence-electron chi connectivity index (χ4n) is 3.23. The third-order valence-corrected chi connectivity index (χ3v) is 6.45. The third-order valence-electron chi connectivity index (χ3n) is 4.48. The molecule has 0 bridgehead atoms. The molecule has 1 N–H and O–H groups in total. The minimum Gasteiger partial charge on any atom is -0.355 e. The highest BCUT2D eigenvalue weighted by atomic mass is 79.9. The zero-order valence-corrected chi connectivity index (χ0v) is 17.4. The molecule has 146 valence electrons.